The zero-order valence-electron chi connectivity index (χ0n) is 12.1. The van der Waals surface area contributed by atoms with Gasteiger partial charge in [0.05, 0.1) is 6.54 Å². The molecule has 18 heavy (non-hydrogen) atoms. The van der Waals surface area contributed by atoms with Crippen LogP contribution in [0.3, 0.4) is 0 Å². The Bertz CT molecular complexity index is 297. The molecule has 2 aliphatic heterocycles. The van der Waals surface area contributed by atoms with Crippen LogP contribution in [0.4, 0.5) is 0 Å². The average Bonchev–Trinajstić information content (AvgIpc) is 2.50. The van der Waals surface area contributed by atoms with E-state index < -0.39 is 0 Å². The minimum absolute atomic E-state index is 0.105. The van der Waals surface area contributed by atoms with Gasteiger partial charge in [-0.1, -0.05) is 0 Å². The Balaban J connectivity index is 1.74. The van der Waals surface area contributed by atoms with E-state index in [1.165, 1.54) is 25.7 Å². The predicted molar refractivity (Wildman–Crippen MR) is 73.5 cm³/mol. The lowest BCUT2D eigenvalue weighted by Gasteiger charge is -2.36. The number of nitrogens with one attached hydrogen (secondary N) is 2. The second-order valence-corrected chi connectivity index (χ2v) is 6.90. The van der Waals surface area contributed by atoms with Crippen molar-refractivity contribution in [1.82, 2.24) is 15.5 Å². The molecule has 4 heteroatoms. The van der Waals surface area contributed by atoms with Crippen LogP contribution in [0.2, 0.25) is 0 Å². The maximum atomic E-state index is 11.8. The Hall–Kier alpha value is -0.610. The standard InChI is InChI=1S/C14H27N3O/c1-14(2,3)16-13(18)9-15-10-7-11-5-6-12(8-10)17(11)4/h10-12,15H,5-9H2,1-4H3,(H,16,18). The number of hydrogen-bond donors (Lipinski definition) is 2. The topological polar surface area (TPSA) is 44.4 Å². The predicted octanol–water partition coefficient (Wildman–Crippen LogP) is 1.12. The van der Waals surface area contributed by atoms with Gasteiger partial charge in [-0.3, -0.25) is 4.79 Å². The minimum Gasteiger partial charge on any atom is -0.350 e. The van der Waals surface area contributed by atoms with E-state index in [9.17, 15) is 4.79 Å². The average molecular weight is 253 g/mol. The van der Waals surface area contributed by atoms with Gasteiger partial charge in [-0.05, 0) is 53.5 Å². The van der Waals surface area contributed by atoms with Crippen molar-refractivity contribution in [3.63, 3.8) is 0 Å². The molecule has 2 unspecified atom stereocenters. The van der Waals surface area contributed by atoms with Gasteiger partial charge >= 0.3 is 0 Å². The fraction of sp³-hybridized carbons (Fsp3) is 0.929. The van der Waals surface area contributed by atoms with E-state index >= 15 is 0 Å². The Morgan fingerprint density at radius 1 is 1.22 bits per heavy atom. The highest BCUT2D eigenvalue weighted by molar-refractivity contribution is 5.78. The van der Waals surface area contributed by atoms with Crippen LogP contribution in [-0.4, -0.2) is 48.1 Å². The molecular formula is C14H27N3O. The molecular weight excluding hydrogens is 226 g/mol. The lowest BCUT2D eigenvalue weighted by Crippen LogP contribution is -2.51. The second kappa shape index (κ2) is 5.17. The fourth-order valence-electron chi connectivity index (χ4n) is 3.28. The third-order valence-corrected chi connectivity index (χ3v) is 4.16. The van der Waals surface area contributed by atoms with Crippen LogP contribution in [0.1, 0.15) is 46.5 Å². The maximum Gasteiger partial charge on any atom is 0.234 e. The summed E-state index contributed by atoms with van der Waals surface area (Å²) in [7, 11) is 2.24. The number of rotatable bonds is 3. The first-order chi connectivity index (χ1) is 8.35. The largest absolute Gasteiger partial charge is 0.350 e. The number of piperidine rings is 1. The zero-order valence-corrected chi connectivity index (χ0v) is 12.1. The molecule has 2 heterocycles. The van der Waals surface area contributed by atoms with Gasteiger partial charge in [-0.2, -0.15) is 0 Å². The van der Waals surface area contributed by atoms with Crippen molar-refractivity contribution in [1.29, 1.82) is 0 Å². The first kappa shape index (κ1) is 13.8. The molecule has 2 bridgehead atoms. The summed E-state index contributed by atoms with van der Waals surface area (Å²) in [5.74, 6) is 0.105. The van der Waals surface area contributed by atoms with E-state index in [4.69, 9.17) is 0 Å². The van der Waals surface area contributed by atoms with Gasteiger partial charge < -0.3 is 15.5 Å². The smallest absolute Gasteiger partial charge is 0.234 e. The van der Waals surface area contributed by atoms with Crippen molar-refractivity contribution >= 4 is 5.91 Å². The molecule has 2 rings (SSSR count). The molecule has 1 amide bonds. The summed E-state index contributed by atoms with van der Waals surface area (Å²) in [5.41, 5.74) is -0.134. The quantitative estimate of drug-likeness (QED) is 0.792. The first-order valence-corrected chi connectivity index (χ1v) is 7.11. The van der Waals surface area contributed by atoms with Gasteiger partial charge in [0.15, 0.2) is 0 Å². The minimum atomic E-state index is -0.134. The maximum absolute atomic E-state index is 11.8. The van der Waals surface area contributed by atoms with Crippen molar-refractivity contribution in [2.24, 2.45) is 0 Å². The Labute approximate surface area is 110 Å². The molecule has 104 valence electrons. The first-order valence-electron chi connectivity index (χ1n) is 7.11. The summed E-state index contributed by atoms with van der Waals surface area (Å²) >= 11 is 0. The Morgan fingerprint density at radius 3 is 2.28 bits per heavy atom. The highest BCUT2D eigenvalue weighted by Crippen LogP contribution is 2.33. The Morgan fingerprint density at radius 2 is 1.78 bits per heavy atom. The Kier molecular flexibility index (Phi) is 3.97. The van der Waals surface area contributed by atoms with Gasteiger partial charge in [-0.25, -0.2) is 0 Å². The molecule has 2 atom stereocenters. The van der Waals surface area contributed by atoms with Crippen molar-refractivity contribution in [3.05, 3.63) is 0 Å². The number of carbonyl (C=O) groups is 1. The summed E-state index contributed by atoms with van der Waals surface area (Å²) in [6.07, 6.45) is 5.03. The third-order valence-electron chi connectivity index (χ3n) is 4.16. The van der Waals surface area contributed by atoms with Crippen LogP contribution in [0.15, 0.2) is 0 Å². The molecule has 2 N–H and O–H groups in total. The zero-order chi connectivity index (χ0) is 13.3. The van der Waals surface area contributed by atoms with Gasteiger partial charge in [-0.15, -0.1) is 0 Å². The van der Waals surface area contributed by atoms with Crippen molar-refractivity contribution in [2.45, 2.75) is 70.1 Å². The van der Waals surface area contributed by atoms with Crippen molar-refractivity contribution in [3.8, 4) is 0 Å². The lowest BCUT2D eigenvalue weighted by atomic mass is 9.98. The third kappa shape index (κ3) is 3.45. The molecule has 0 saturated carbocycles. The van der Waals surface area contributed by atoms with Crippen LogP contribution >= 0.6 is 0 Å². The van der Waals surface area contributed by atoms with E-state index in [-0.39, 0.29) is 11.4 Å². The van der Waals surface area contributed by atoms with Crippen LogP contribution in [0.5, 0.6) is 0 Å². The van der Waals surface area contributed by atoms with E-state index in [1.807, 2.05) is 20.8 Å². The summed E-state index contributed by atoms with van der Waals surface area (Å²) in [6.45, 7) is 6.49. The van der Waals surface area contributed by atoms with Gasteiger partial charge in [0.25, 0.3) is 0 Å². The molecule has 0 radical (unpaired) electrons. The van der Waals surface area contributed by atoms with E-state index in [0.717, 1.165) is 12.1 Å². The van der Waals surface area contributed by atoms with Gasteiger partial charge in [0.2, 0.25) is 5.91 Å². The van der Waals surface area contributed by atoms with E-state index in [1.54, 1.807) is 0 Å². The number of amides is 1. The van der Waals surface area contributed by atoms with E-state index in [2.05, 4.69) is 22.6 Å². The van der Waals surface area contributed by atoms with Crippen LogP contribution in [0.25, 0.3) is 0 Å². The molecule has 0 aromatic rings. The summed E-state index contributed by atoms with van der Waals surface area (Å²) < 4.78 is 0. The highest BCUT2D eigenvalue weighted by atomic mass is 16.2. The molecule has 0 aromatic heterocycles. The molecule has 0 spiro atoms. The van der Waals surface area contributed by atoms with Crippen molar-refractivity contribution in [2.75, 3.05) is 13.6 Å². The van der Waals surface area contributed by atoms with Crippen molar-refractivity contribution < 1.29 is 4.79 Å². The van der Waals surface area contributed by atoms with Crippen LogP contribution < -0.4 is 10.6 Å². The second-order valence-electron chi connectivity index (χ2n) is 6.90. The molecule has 0 aliphatic carbocycles. The summed E-state index contributed by atoms with van der Waals surface area (Å²) in [4.78, 5) is 14.3. The SMILES string of the molecule is CN1C2CCC1CC(NCC(=O)NC(C)(C)C)C2. The molecule has 2 aliphatic rings. The van der Waals surface area contributed by atoms with Crippen LogP contribution in [0, 0.1) is 0 Å². The van der Waals surface area contributed by atoms with Gasteiger partial charge in [0.1, 0.15) is 0 Å². The van der Waals surface area contributed by atoms with E-state index in [0.29, 0.717) is 12.6 Å². The molecule has 4 nitrogen and oxygen atoms in total. The number of hydrogen-bond acceptors (Lipinski definition) is 3. The summed E-state index contributed by atoms with van der Waals surface area (Å²) in [6, 6.07) is 1.98. The normalized spacial score (nSPS) is 32.6. The molecule has 2 fully saturated rings. The number of fused-ring (bicyclic) bond motifs is 2. The molecule has 2 saturated heterocycles. The number of carbonyl (C=O) groups excluding carboxylic acids is 1. The highest BCUT2D eigenvalue weighted by Gasteiger charge is 2.38. The van der Waals surface area contributed by atoms with Gasteiger partial charge in [0, 0.05) is 23.7 Å². The monoisotopic (exact) mass is 253 g/mol. The molecule has 0 aromatic carbocycles. The lowest BCUT2D eigenvalue weighted by molar-refractivity contribution is -0.121. The summed E-state index contributed by atoms with van der Waals surface area (Å²) in [5, 5.41) is 6.42. The fourth-order valence-corrected chi connectivity index (χ4v) is 3.28. The number of nitrogens with zero attached hydrogens (tertiary/aromatic N) is 1. The van der Waals surface area contributed by atoms with Crippen LogP contribution in [-0.2, 0) is 4.79 Å².